The lowest BCUT2D eigenvalue weighted by Crippen LogP contribution is -2.15. The third-order valence-corrected chi connectivity index (χ3v) is 3.18. The maximum atomic E-state index is 3.61. The second-order valence-corrected chi connectivity index (χ2v) is 6.37. The fourth-order valence-corrected chi connectivity index (χ4v) is 2.46. The van der Waals surface area contributed by atoms with Gasteiger partial charge in [-0.25, -0.2) is 0 Å². The summed E-state index contributed by atoms with van der Waals surface area (Å²) in [7, 11) is 0. The van der Waals surface area contributed by atoms with E-state index in [4.69, 9.17) is 0 Å². The van der Waals surface area contributed by atoms with Gasteiger partial charge in [0.05, 0.1) is 0 Å². The summed E-state index contributed by atoms with van der Waals surface area (Å²) >= 11 is 0. The van der Waals surface area contributed by atoms with Gasteiger partial charge in [-0.3, -0.25) is 0 Å². The minimum atomic E-state index is 0.184. The van der Waals surface area contributed by atoms with E-state index in [9.17, 15) is 0 Å². The molecule has 1 nitrogen and oxygen atoms in total. The second-order valence-electron chi connectivity index (χ2n) is 6.37. The number of nitrogens with one attached hydrogen (secondary N) is 1. The highest BCUT2D eigenvalue weighted by Gasteiger charge is 2.22. The fourth-order valence-electron chi connectivity index (χ4n) is 2.46. The molecule has 2 aromatic rings. The Morgan fingerprint density at radius 2 is 1.76 bits per heavy atom. The molecule has 1 aromatic heterocycles. The van der Waals surface area contributed by atoms with Gasteiger partial charge in [-0.15, -0.1) is 0 Å². The Morgan fingerprint density at radius 3 is 2.35 bits per heavy atom. The SMILES string of the molecule is CC(C)Cc1c(C(C)(C)C)[nH]c2ccccc12. The Hall–Kier alpha value is -1.24. The Bertz CT molecular complexity index is 512. The minimum absolute atomic E-state index is 0.184. The van der Waals surface area contributed by atoms with Crippen molar-refractivity contribution in [2.75, 3.05) is 0 Å². The largest absolute Gasteiger partial charge is 0.358 e. The number of fused-ring (bicyclic) bond motifs is 1. The molecule has 0 radical (unpaired) electrons. The average molecular weight is 229 g/mol. The monoisotopic (exact) mass is 229 g/mol. The lowest BCUT2D eigenvalue weighted by atomic mass is 9.86. The Morgan fingerprint density at radius 1 is 1.12 bits per heavy atom. The van der Waals surface area contributed by atoms with Crippen LogP contribution in [0.1, 0.15) is 45.9 Å². The van der Waals surface area contributed by atoms with Gasteiger partial charge >= 0.3 is 0 Å². The van der Waals surface area contributed by atoms with E-state index in [1.54, 1.807) is 0 Å². The molecule has 0 aliphatic heterocycles. The maximum Gasteiger partial charge on any atom is 0.0459 e. The van der Waals surface area contributed by atoms with Crippen LogP contribution in [-0.4, -0.2) is 4.98 Å². The van der Waals surface area contributed by atoms with Gasteiger partial charge in [0.1, 0.15) is 0 Å². The highest BCUT2D eigenvalue weighted by Crippen LogP contribution is 2.32. The van der Waals surface area contributed by atoms with Crippen LogP contribution in [0.2, 0.25) is 0 Å². The zero-order valence-electron chi connectivity index (χ0n) is 11.6. The van der Waals surface area contributed by atoms with E-state index in [1.165, 1.54) is 22.2 Å². The highest BCUT2D eigenvalue weighted by atomic mass is 14.7. The van der Waals surface area contributed by atoms with Crippen molar-refractivity contribution in [3.8, 4) is 0 Å². The van der Waals surface area contributed by atoms with Crippen molar-refractivity contribution in [1.29, 1.82) is 0 Å². The van der Waals surface area contributed by atoms with Crippen LogP contribution in [0.25, 0.3) is 10.9 Å². The molecule has 0 saturated heterocycles. The summed E-state index contributed by atoms with van der Waals surface area (Å²) in [5, 5.41) is 1.39. The molecule has 0 bridgehead atoms. The third-order valence-electron chi connectivity index (χ3n) is 3.18. The molecule has 1 heteroatoms. The van der Waals surface area contributed by atoms with Crippen LogP contribution < -0.4 is 0 Å². The number of aromatic nitrogens is 1. The number of benzene rings is 1. The number of hydrogen-bond acceptors (Lipinski definition) is 0. The zero-order chi connectivity index (χ0) is 12.6. The molecule has 1 aromatic carbocycles. The van der Waals surface area contributed by atoms with Crippen LogP contribution in [0.15, 0.2) is 24.3 Å². The van der Waals surface area contributed by atoms with Gasteiger partial charge in [0.2, 0.25) is 0 Å². The van der Waals surface area contributed by atoms with Crippen LogP contribution in [0, 0.1) is 5.92 Å². The predicted molar refractivity (Wildman–Crippen MR) is 75.5 cm³/mol. The fraction of sp³-hybridized carbons (Fsp3) is 0.500. The molecule has 17 heavy (non-hydrogen) atoms. The van der Waals surface area contributed by atoms with E-state index in [1.807, 2.05) is 0 Å². The Labute approximate surface area is 104 Å². The molecule has 0 spiro atoms. The lowest BCUT2D eigenvalue weighted by Gasteiger charge is -2.20. The Balaban J connectivity index is 2.65. The molecular weight excluding hydrogens is 206 g/mol. The molecule has 1 N–H and O–H groups in total. The first kappa shape index (κ1) is 12.2. The first-order valence-corrected chi connectivity index (χ1v) is 6.49. The summed E-state index contributed by atoms with van der Waals surface area (Å²) in [6.45, 7) is 11.4. The van der Waals surface area contributed by atoms with Crippen LogP contribution in [0.5, 0.6) is 0 Å². The van der Waals surface area contributed by atoms with E-state index >= 15 is 0 Å². The summed E-state index contributed by atoms with van der Waals surface area (Å²) in [5.74, 6) is 0.690. The van der Waals surface area contributed by atoms with Gasteiger partial charge in [0.15, 0.2) is 0 Å². The van der Waals surface area contributed by atoms with E-state index in [2.05, 4.69) is 63.9 Å². The summed E-state index contributed by atoms with van der Waals surface area (Å²) in [6.07, 6.45) is 1.15. The topological polar surface area (TPSA) is 15.8 Å². The number of para-hydroxylation sites is 1. The molecule has 0 atom stereocenters. The predicted octanol–water partition coefficient (Wildman–Crippen LogP) is 4.66. The number of rotatable bonds is 2. The van der Waals surface area contributed by atoms with E-state index in [0.717, 1.165) is 6.42 Å². The van der Waals surface area contributed by atoms with Crippen molar-refractivity contribution in [3.63, 3.8) is 0 Å². The molecular formula is C16H23N. The van der Waals surface area contributed by atoms with Gasteiger partial charge in [0, 0.05) is 22.0 Å². The number of aromatic amines is 1. The van der Waals surface area contributed by atoms with Gasteiger partial charge < -0.3 is 4.98 Å². The molecule has 92 valence electrons. The number of hydrogen-bond donors (Lipinski definition) is 1. The minimum Gasteiger partial charge on any atom is -0.358 e. The molecule has 0 amide bonds. The third kappa shape index (κ3) is 2.38. The van der Waals surface area contributed by atoms with Crippen LogP contribution in [0.4, 0.5) is 0 Å². The zero-order valence-corrected chi connectivity index (χ0v) is 11.6. The molecule has 2 rings (SSSR count). The van der Waals surface area contributed by atoms with Crippen molar-refractivity contribution in [2.45, 2.75) is 46.5 Å². The van der Waals surface area contributed by atoms with Gasteiger partial charge in [-0.2, -0.15) is 0 Å². The summed E-state index contributed by atoms with van der Waals surface area (Å²) in [4.78, 5) is 3.61. The van der Waals surface area contributed by atoms with Gasteiger partial charge in [-0.05, 0) is 24.0 Å². The van der Waals surface area contributed by atoms with Crippen molar-refractivity contribution in [2.24, 2.45) is 5.92 Å². The van der Waals surface area contributed by atoms with Crippen molar-refractivity contribution < 1.29 is 0 Å². The molecule has 0 saturated carbocycles. The normalized spacial score (nSPS) is 12.6. The lowest BCUT2D eigenvalue weighted by molar-refractivity contribution is 0.555. The molecule has 0 unspecified atom stereocenters. The first-order chi connectivity index (χ1) is 7.89. The van der Waals surface area contributed by atoms with E-state index in [0.29, 0.717) is 5.92 Å². The van der Waals surface area contributed by atoms with E-state index < -0.39 is 0 Å². The summed E-state index contributed by atoms with van der Waals surface area (Å²) < 4.78 is 0. The van der Waals surface area contributed by atoms with Crippen LogP contribution in [0.3, 0.4) is 0 Å². The highest BCUT2D eigenvalue weighted by molar-refractivity contribution is 5.85. The Kier molecular flexibility index (Phi) is 3.03. The molecule has 0 aliphatic carbocycles. The quantitative estimate of drug-likeness (QED) is 0.770. The van der Waals surface area contributed by atoms with Crippen molar-refractivity contribution in [3.05, 3.63) is 35.5 Å². The summed E-state index contributed by atoms with van der Waals surface area (Å²) in [5.41, 5.74) is 4.35. The molecule has 1 heterocycles. The van der Waals surface area contributed by atoms with Crippen molar-refractivity contribution >= 4 is 10.9 Å². The van der Waals surface area contributed by atoms with E-state index in [-0.39, 0.29) is 5.41 Å². The second kappa shape index (κ2) is 4.21. The van der Waals surface area contributed by atoms with Crippen molar-refractivity contribution in [1.82, 2.24) is 4.98 Å². The standard InChI is InChI=1S/C16H23N/c1-11(2)10-13-12-8-6-7-9-14(12)17-15(13)16(3,4)5/h6-9,11,17H,10H2,1-5H3. The van der Waals surface area contributed by atoms with Gasteiger partial charge in [0.25, 0.3) is 0 Å². The molecule has 0 aliphatic rings. The first-order valence-electron chi connectivity index (χ1n) is 6.49. The van der Waals surface area contributed by atoms with Crippen LogP contribution in [-0.2, 0) is 11.8 Å². The van der Waals surface area contributed by atoms with Crippen LogP contribution >= 0.6 is 0 Å². The summed E-state index contributed by atoms with van der Waals surface area (Å²) in [6, 6.07) is 8.64. The number of H-pyrrole nitrogens is 1. The smallest absolute Gasteiger partial charge is 0.0459 e. The maximum absolute atomic E-state index is 3.61. The average Bonchev–Trinajstić information content (AvgIpc) is 2.56. The molecule has 0 fully saturated rings. The van der Waals surface area contributed by atoms with Gasteiger partial charge in [-0.1, -0.05) is 52.8 Å².